The molecule has 3 aliphatic rings. The molecule has 0 aliphatic heterocycles. The molecule has 2 fully saturated rings. The van der Waals surface area contributed by atoms with E-state index in [-0.39, 0.29) is 31.2 Å². The molecule has 0 aromatic heterocycles. The molecule has 0 saturated heterocycles. The van der Waals surface area contributed by atoms with Crippen LogP contribution >= 0.6 is 0 Å². The van der Waals surface area contributed by atoms with E-state index in [9.17, 15) is 9.90 Å². The Hall–Kier alpha value is -2.39. The van der Waals surface area contributed by atoms with E-state index in [0.29, 0.717) is 34.9 Å². The van der Waals surface area contributed by atoms with E-state index in [0.717, 1.165) is 94.7 Å². The number of carbonyl (C=O) groups excluding carboxylic acids is 1. The molecule has 4 rings (SSSR count). The molecule has 2 N–H and O–H groups in total. The van der Waals surface area contributed by atoms with Crippen molar-refractivity contribution in [3.63, 3.8) is 0 Å². The number of benzene rings is 1. The van der Waals surface area contributed by atoms with Gasteiger partial charge in [0.1, 0.15) is 0 Å². The summed E-state index contributed by atoms with van der Waals surface area (Å²) in [7, 11) is 0. The Kier molecular flexibility index (Phi) is 14.0. The number of aliphatic hydroxyl groups is 1. The van der Waals surface area contributed by atoms with Crippen molar-refractivity contribution in [1.82, 2.24) is 5.32 Å². The van der Waals surface area contributed by atoms with Gasteiger partial charge in [-0.3, -0.25) is 4.79 Å². The van der Waals surface area contributed by atoms with Crippen LogP contribution in [0, 0.1) is 46.8 Å². The van der Waals surface area contributed by atoms with E-state index in [2.05, 4.69) is 83.6 Å². The lowest BCUT2D eigenvalue weighted by Crippen LogP contribution is -2.47. The Morgan fingerprint density at radius 3 is 2.26 bits per heavy atom. The van der Waals surface area contributed by atoms with Crippen molar-refractivity contribution in [3.8, 4) is 0 Å². The molecule has 3 heteroatoms. The van der Waals surface area contributed by atoms with Gasteiger partial charge in [0.05, 0.1) is 11.6 Å². The quantitative estimate of drug-likeness (QED) is 0.103. The van der Waals surface area contributed by atoms with Crippen LogP contribution in [0.1, 0.15) is 124 Å². The normalized spacial score (nSPS) is 25.1. The Labute approximate surface area is 289 Å². The monoisotopic (exact) mass is 644 g/mol. The van der Waals surface area contributed by atoms with Crippen molar-refractivity contribution in [2.75, 3.05) is 0 Å². The Balaban J connectivity index is 0.00000600. The molecule has 47 heavy (non-hydrogen) atoms. The number of fused-ring (bicyclic) bond motifs is 2. The lowest BCUT2D eigenvalue weighted by Gasteiger charge is -2.35. The first-order valence-electron chi connectivity index (χ1n) is 18.5. The van der Waals surface area contributed by atoms with E-state index in [4.69, 9.17) is 0 Å². The first kappa shape index (κ1) is 39.1. The first-order valence-corrected chi connectivity index (χ1v) is 18.5. The number of hydrogen-bond acceptors (Lipinski definition) is 3. The van der Waals surface area contributed by atoms with Crippen LogP contribution < -0.4 is 5.32 Å². The number of Topliss-reactive ketones (excluding diaryl/α,β-unsaturated/α-hetero) is 1. The van der Waals surface area contributed by atoms with E-state index >= 15 is 0 Å². The fourth-order valence-corrected chi connectivity index (χ4v) is 9.34. The van der Waals surface area contributed by atoms with E-state index in [1.165, 1.54) is 11.1 Å². The maximum absolute atomic E-state index is 14.7. The standard InChI is InChI=1S/C43H65NO2.CH4/c1-10-12-18-30(5)43(9,46)35(21-13-11-2)22-16-17-23-36-37(28-38-39(36)42(38,7)8)41(45)40(44-31(6)25-24-29(3)4)34-26-32-19-14-15-20-33(32)27-34;/h10-11,14-15,19-20,29,34-40,44,46H,1-2,5-6,12-13,16-18,21-28H2,3-4,7-9H3;1H4. The number of ketones is 1. The second-order valence-corrected chi connectivity index (χ2v) is 16.4. The third-order valence-electron chi connectivity index (χ3n) is 12.5. The molecular formula is C44H69NO2. The third-order valence-corrected chi connectivity index (χ3v) is 12.5. The Morgan fingerprint density at radius 2 is 1.66 bits per heavy atom. The first-order chi connectivity index (χ1) is 21.8. The van der Waals surface area contributed by atoms with Crippen LogP contribution in [0.4, 0.5) is 0 Å². The summed E-state index contributed by atoms with van der Waals surface area (Å²) < 4.78 is 0. The minimum Gasteiger partial charge on any atom is -0.386 e. The topological polar surface area (TPSA) is 49.3 Å². The Bertz CT molecular complexity index is 1210. The summed E-state index contributed by atoms with van der Waals surface area (Å²) in [5.74, 6) is 3.37. The van der Waals surface area contributed by atoms with Gasteiger partial charge in [-0.05, 0) is 135 Å². The van der Waals surface area contributed by atoms with Gasteiger partial charge in [0.15, 0.2) is 5.78 Å². The second kappa shape index (κ2) is 16.8. The minimum atomic E-state index is -0.892. The summed E-state index contributed by atoms with van der Waals surface area (Å²) in [5, 5.41) is 15.3. The summed E-state index contributed by atoms with van der Waals surface area (Å²) in [4.78, 5) is 14.7. The summed E-state index contributed by atoms with van der Waals surface area (Å²) in [6, 6.07) is 8.59. The van der Waals surface area contributed by atoms with Crippen LogP contribution in [-0.2, 0) is 17.6 Å². The molecular weight excluding hydrogens is 574 g/mol. The highest BCUT2D eigenvalue weighted by Gasteiger charge is 2.67. The van der Waals surface area contributed by atoms with E-state index < -0.39 is 5.60 Å². The van der Waals surface area contributed by atoms with Crippen LogP contribution in [0.15, 0.2) is 74.0 Å². The number of allylic oxidation sites excluding steroid dienone is 3. The van der Waals surface area contributed by atoms with Gasteiger partial charge in [-0.1, -0.05) is 97.5 Å². The molecule has 262 valence electrons. The molecule has 3 nitrogen and oxygen atoms in total. The van der Waals surface area contributed by atoms with Crippen LogP contribution in [0.2, 0.25) is 0 Å². The molecule has 0 amide bonds. The minimum absolute atomic E-state index is 0. The average Bonchev–Trinajstić information content (AvgIpc) is 3.34. The lowest BCUT2D eigenvalue weighted by atomic mass is 9.74. The molecule has 0 heterocycles. The second-order valence-electron chi connectivity index (χ2n) is 16.4. The maximum Gasteiger partial charge on any atom is 0.158 e. The van der Waals surface area contributed by atoms with Gasteiger partial charge < -0.3 is 10.4 Å². The summed E-state index contributed by atoms with van der Waals surface area (Å²) in [5.41, 5.74) is 4.19. The summed E-state index contributed by atoms with van der Waals surface area (Å²) in [6.07, 6.45) is 16.5. The van der Waals surface area contributed by atoms with Gasteiger partial charge in [0, 0.05) is 11.6 Å². The molecule has 2 saturated carbocycles. The van der Waals surface area contributed by atoms with Crippen LogP contribution in [0.3, 0.4) is 0 Å². The van der Waals surface area contributed by atoms with Crippen LogP contribution in [0.5, 0.6) is 0 Å². The number of unbranched alkanes of at least 4 members (excludes halogenated alkanes) is 1. The predicted octanol–water partition coefficient (Wildman–Crippen LogP) is 10.8. The maximum atomic E-state index is 14.7. The highest BCUT2D eigenvalue weighted by molar-refractivity contribution is 5.88. The smallest absolute Gasteiger partial charge is 0.158 e. The van der Waals surface area contributed by atoms with Crippen molar-refractivity contribution in [2.24, 2.45) is 46.8 Å². The largest absolute Gasteiger partial charge is 0.386 e. The van der Waals surface area contributed by atoms with Gasteiger partial charge in [-0.2, -0.15) is 0 Å². The van der Waals surface area contributed by atoms with Crippen molar-refractivity contribution in [2.45, 2.75) is 137 Å². The van der Waals surface area contributed by atoms with Gasteiger partial charge in [0.2, 0.25) is 0 Å². The molecule has 7 unspecified atom stereocenters. The van der Waals surface area contributed by atoms with Crippen molar-refractivity contribution in [1.29, 1.82) is 0 Å². The van der Waals surface area contributed by atoms with Crippen LogP contribution in [-0.4, -0.2) is 22.5 Å². The Morgan fingerprint density at radius 1 is 1.02 bits per heavy atom. The van der Waals surface area contributed by atoms with Gasteiger partial charge in [-0.25, -0.2) is 0 Å². The molecule has 7 atom stereocenters. The SMILES string of the molecule is C.C=CCCC(=C)C(C)(O)C(CCC=C)CCCCC1C(C(=O)C(NC(=C)CCC(C)C)C2Cc3ccccc3C2)CC2C1C2(C)C. The molecule has 0 bridgehead atoms. The summed E-state index contributed by atoms with van der Waals surface area (Å²) >= 11 is 0. The zero-order valence-electron chi connectivity index (χ0n) is 30.0. The van der Waals surface area contributed by atoms with Gasteiger partial charge in [0.25, 0.3) is 0 Å². The molecule has 1 aromatic carbocycles. The number of carbonyl (C=O) groups is 1. The fourth-order valence-electron chi connectivity index (χ4n) is 9.34. The molecule has 0 radical (unpaired) electrons. The predicted molar refractivity (Wildman–Crippen MR) is 202 cm³/mol. The van der Waals surface area contributed by atoms with E-state index in [1.54, 1.807) is 0 Å². The lowest BCUT2D eigenvalue weighted by molar-refractivity contribution is -0.128. The molecule has 0 spiro atoms. The van der Waals surface area contributed by atoms with Crippen molar-refractivity contribution < 1.29 is 9.90 Å². The number of rotatable bonds is 21. The van der Waals surface area contributed by atoms with Gasteiger partial charge >= 0.3 is 0 Å². The highest BCUT2D eigenvalue weighted by atomic mass is 16.3. The van der Waals surface area contributed by atoms with Crippen LogP contribution in [0.25, 0.3) is 0 Å². The number of nitrogens with one attached hydrogen (secondary N) is 1. The highest BCUT2D eigenvalue weighted by Crippen LogP contribution is 2.71. The van der Waals surface area contributed by atoms with Crippen molar-refractivity contribution >= 4 is 5.78 Å². The molecule has 3 aliphatic carbocycles. The fraction of sp³-hybridized carbons (Fsp3) is 0.659. The van der Waals surface area contributed by atoms with Crippen molar-refractivity contribution in [3.05, 3.63) is 85.1 Å². The third kappa shape index (κ3) is 9.20. The van der Waals surface area contributed by atoms with Gasteiger partial charge in [-0.15, -0.1) is 13.2 Å². The zero-order valence-corrected chi connectivity index (χ0v) is 30.0. The number of hydrogen-bond donors (Lipinski definition) is 2. The average molecular weight is 644 g/mol. The van der Waals surface area contributed by atoms with E-state index in [1.807, 2.05) is 19.1 Å². The zero-order chi connectivity index (χ0) is 33.6. The summed E-state index contributed by atoms with van der Waals surface area (Å²) in [6.45, 7) is 27.8. The molecule has 1 aromatic rings.